The molecule has 1 heterocycles. The number of benzene rings is 1. The Morgan fingerprint density at radius 2 is 1.55 bits per heavy atom. The largest absolute Gasteiger partial charge is 0.450 e. The molecule has 1 fully saturated rings. The Morgan fingerprint density at radius 3 is 2.00 bits per heavy atom. The lowest BCUT2D eigenvalue weighted by atomic mass is 9.99. The summed E-state index contributed by atoms with van der Waals surface area (Å²) in [5, 5.41) is 21.8. The van der Waals surface area contributed by atoms with Crippen molar-refractivity contribution in [2.75, 3.05) is 13.7 Å². The lowest BCUT2D eigenvalue weighted by Gasteiger charge is -2.45. The normalized spacial score (nSPS) is 26.3. The lowest BCUT2D eigenvalue weighted by molar-refractivity contribution is -0.292. The van der Waals surface area contributed by atoms with Gasteiger partial charge in [-0.15, -0.1) is 0 Å². The molecule has 0 amide bonds. The number of methoxy groups -OCH3 is 1. The molecule has 33 heavy (non-hydrogen) atoms. The quantitative estimate of drug-likeness (QED) is 0.355. The van der Waals surface area contributed by atoms with Crippen molar-refractivity contribution in [1.82, 2.24) is 0 Å². The van der Waals surface area contributed by atoms with Gasteiger partial charge in [-0.3, -0.25) is 0 Å². The van der Waals surface area contributed by atoms with Gasteiger partial charge in [0.2, 0.25) is 0 Å². The van der Waals surface area contributed by atoms with Crippen molar-refractivity contribution < 1.29 is 33.6 Å². The molecule has 1 aromatic carbocycles. The minimum Gasteiger partial charge on any atom is -0.450 e. The van der Waals surface area contributed by atoms with Crippen molar-refractivity contribution in [3.8, 4) is 0 Å². The molecule has 5 atom stereocenters. The summed E-state index contributed by atoms with van der Waals surface area (Å²) in [4.78, 5) is 12.7. The summed E-state index contributed by atoms with van der Waals surface area (Å²) < 4.78 is 23.2. The van der Waals surface area contributed by atoms with E-state index in [-0.39, 0.29) is 22.2 Å². The topological polar surface area (TPSA) is 94.5 Å². The molecule has 2 rings (SSSR count). The predicted octanol–water partition coefficient (Wildman–Crippen LogP) is 4.80. The summed E-state index contributed by atoms with van der Waals surface area (Å²) in [6.45, 7) is 13.0. The van der Waals surface area contributed by atoms with Gasteiger partial charge in [-0.05, 0) is 28.8 Å². The van der Waals surface area contributed by atoms with Crippen LogP contribution in [0.3, 0.4) is 0 Å². The Bertz CT molecular complexity index is 761. The van der Waals surface area contributed by atoms with Crippen LogP contribution in [0.1, 0.15) is 51.9 Å². The van der Waals surface area contributed by atoms with Crippen LogP contribution in [0.4, 0.5) is 0 Å². The molecule has 2 N–H and O–H groups in total. The number of carbonyl (C=O) groups excluding carboxylic acids is 1. The number of hydrogen-bond acceptors (Lipinski definition) is 7. The second-order valence-corrected chi connectivity index (χ2v) is 15.6. The molecular weight excluding hydrogens is 487 g/mol. The molecule has 0 bridgehead atoms. The van der Waals surface area contributed by atoms with E-state index in [0.29, 0.717) is 16.6 Å². The van der Waals surface area contributed by atoms with Crippen molar-refractivity contribution in [2.24, 2.45) is 0 Å². The number of ether oxygens (including phenoxy) is 3. The molecule has 0 aromatic heterocycles. The highest BCUT2D eigenvalue weighted by Gasteiger charge is 2.50. The summed E-state index contributed by atoms with van der Waals surface area (Å²) in [5.74, 6) is -0.854. The van der Waals surface area contributed by atoms with Crippen molar-refractivity contribution >= 4 is 37.5 Å². The van der Waals surface area contributed by atoms with E-state index in [4.69, 9.17) is 41.8 Å². The van der Waals surface area contributed by atoms with Crippen LogP contribution in [0, 0.1) is 0 Å². The van der Waals surface area contributed by atoms with Crippen LogP contribution < -0.4 is 0 Å². The molecule has 1 aliphatic heterocycles. The van der Waals surface area contributed by atoms with Gasteiger partial charge >= 0.3 is 5.97 Å². The average Bonchev–Trinajstić information content (AvgIpc) is 2.72. The Kier molecular flexibility index (Phi) is 10.2. The zero-order valence-corrected chi connectivity index (χ0v) is 22.8. The molecular formula is C23H36Cl2O7Si. The van der Waals surface area contributed by atoms with Gasteiger partial charge in [0.15, 0.2) is 20.7 Å². The third-order valence-electron chi connectivity index (χ3n) is 6.49. The van der Waals surface area contributed by atoms with Gasteiger partial charge in [-0.2, -0.15) is 0 Å². The number of carbonyl (C=O) groups is 1. The molecule has 0 radical (unpaired) electrons. The van der Waals surface area contributed by atoms with E-state index in [1.807, 2.05) is 0 Å². The molecule has 10 heteroatoms. The van der Waals surface area contributed by atoms with Crippen LogP contribution in [0.25, 0.3) is 0 Å². The Morgan fingerprint density at radius 1 is 1.03 bits per heavy atom. The molecule has 1 aliphatic rings. The summed E-state index contributed by atoms with van der Waals surface area (Å²) in [6.07, 6.45) is -6.07. The molecule has 188 valence electrons. The van der Waals surface area contributed by atoms with Crippen LogP contribution >= 0.6 is 23.2 Å². The molecule has 1 aromatic rings. The van der Waals surface area contributed by atoms with Crippen LogP contribution in [-0.2, 0) is 18.6 Å². The van der Waals surface area contributed by atoms with Gasteiger partial charge in [-0.25, -0.2) is 4.79 Å². The number of halogens is 2. The van der Waals surface area contributed by atoms with E-state index in [9.17, 15) is 15.0 Å². The van der Waals surface area contributed by atoms with E-state index >= 15 is 0 Å². The minimum atomic E-state index is -2.22. The van der Waals surface area contributed by atoms with Crippen molar-refractivity contribution in [1.29, 1.82) is 0 Å². The number of hydrogen-bond donors (Lipinski definition) is 2. The second kappa shape index (κ2) is 11.8. The molecule has 7 nitrogen and oxygen atoms in total. The van der Waals surface area contributed by atoms with Crippen LogP contribution in [0.15, 0.2) is 18.2 Å². The first-order chi connectivity index (χ1) is 15.4. The highest BCUT2D eigenvalue weighted by molar-refractivity contribution is 6.77. The Balaban J connectivity index is 2.19. The van der Waals surface area contributed by atoms with Crippen molar-refractivity contribution in [3.05, 3.63) is 33.8 Å². The van der Waals surface area contributed by atoms with E-state index in [1.165, 1.54) is 19.2 Å². The molecule has 0 saturated carbocycles. The van der Waals surface area contributed by atoms with Gasteiger partial charge in [-0.1, -0.05) is 70.8 Å². The number of aliphatic hydroxyl groups is 2. The number of rotatable bonds is 9. The summed E-state index contributed by atoms with van der Waals surface area (Å²) >= 11 is 12.2. The second-order valence-electron chi connectivity index (χ2n) is 9.36. The first-order valence-corrected chi connectivity index (χ1v) is 14.1. The highest BCUT2D eigenvalue weighted by atomic mass is 35.5. The highest BCUT2D eigenvalue weighted by Crippen LogP contribution is 2.42. The zero-order valence-electron chi connectivity index (χ0n) is 20.2. The van der Waals surface area contributed by atoms with E-state index in [0.717, 1.165) is 0 Å². The molecule has 0 spiro atoms. The van der Waals surface area contributed by atoms with Crippen LogP contribution in [-0.4, -0.2) is 68.9 Å². The van der Waals surface area contributed by atoms with E-state index < -0.39 is 45.0 Å². The standard InChI is InChI=1S/C23H36Cl2O7Si/c1-12(2)33(13(3)4,14(5)6)30-11-17-19(26)20(27)21(23(29-7)31-17)32-22(28)18-15(24)9-8-10-16(18)25/h8-10,12-14,17,19-21,23,26-27H,11H2,1-7H3/t17-,19-,20+,21-,23+/m1/s1. The first-order valence-electron chi connectivity index (χ1n) is 11.2. The van der Waals surface area contributed by atoms with Crippen molar-refractivity contribution in [3.63, 3.8) is 0 Å². The van der Waals surface area contributed by atoms with E-state index in [1.54, 1.807) is 6.07 Å². The fraction of sp³-hybridized carbons (Fsp3) is 0.696. The minimum absolute atomic E-state index is 0.0376. The third kappa shape index (κ3) is 5.93. The fourth-order valence-corrected chi connectivity index (χ4v) is 11.0. The number of aliphatic hydroxyl groups excluding tert-OH is 2. The van der Waals surface area contributed by atoms with Crippen LogP contribution in [0.5, 0.6) is 0 Å². The maximum Gasteiger partial charge on any atom is 0.341 e. The van der Waals surface area contributed by atoms with Gasteiger partial charge < -0.3 is 28.8 Å². The maximum atomic E-state index is 12.7. The predicted molar refractivity (Wildman–Crippen MR) is 130 cm³/mol. The van der Waals surface area contributed by atoms with Gasteiger partial charge in [0.1, 0.15) is 18.3 Å². The fourth-order valence-electron chi connectivity index (χ4n) is 4.96. The molecule has 0 aliphatic carbocycles. The van der Waals surface area contributed by atoms with E-state index in [2.05, 4.69) is 41.5 Å². The maximum absolute atomic E-state index is 12.7. The monoisotopic (exact) mass is 522 g/mol. The Hall–Kier alpha value is -0.713. The lowest BCUT2D eigenvalue weighted by Crippen LogP contribution is -2.61. The van der Waals surface area contributed by atoms with Crippen LogP contribution in [0.2, 0.25) is 26.7 Å². The summed E-state index contributed by atoms with van der Waals surface area (Å²) in [6, 6.07) is 4.60. The summed E-state index contributed by atoms with van der Waals surface area (Å²) in [7, 11) is -0.857. The smallest absolute Gasteiger partial charge is 0.341 e. The molecule has 1 saturated heterocycles. The third-order valence-corrected chi connectivity index (χ3v) is 13.2. The van der Waals surface area contributed by atoms with Gasteiger partial charge in [0.25, 0.3) is 0 Å². The molecule has 0 unspecified atom stereocenters. The van der Waals surface area contributed by atoms with Gasteiger partial charge in [0.05, 0.1) is 22.2 Å². The SMILES string of the molecule is CO[C@H]1O[C@H](CO[Si](C(C)C)(C(C)C)C(C)C)[C@@H](O)[C@H](O)[C@H]1OC(=O)c1c(Cl)cccc1Cl. The summed E-state index contributed by atoms with van der Waals surface area (Å²) in [5.41, 5.74) is 0.991. The zero-order chi connectivity index (χ0) is 25.1. The van der Waals surface area contributed by atoms with Gasteiger partial charge in [0, 0.05) is 7.11 Å². The first kappa shape index (κ1) is 28.5. The average molecular weight is 524 g/mol. The Labute approximate surface area is 207 Å². The number of esters is 1. The van der Waals surface area contributed by atoms with Crippen molar-refractivity contribution in [2.45, 2.75) is 88.9 Å².